The Morgan fingerprint density at radius 1 is 1.20 bits per heavy atom. The van der Waals surface area contributed by atoms with E-state index in [-0.39, 0.29) is 15.8 Å². The average Bonchev–Trinajstić information content (AvgIpc) is 3.49. The highest BCUT2D eigenvalue weighted by Gasteiger charge is 2.28. The van der Waals surface area contributed by atoms with Crippen LogP contribution in [0.25, 0.3) is 0 Å². The molecule has 0 saturated heterocycles. The summed E-state index contributed by atoms with van der Waals surface area (Å²) in [6, 6.07) is 15.9. The number of sulfone groups is 1. The number of nitriles is 1. The van der Waals surface area contributed by atoms with Crippen molar-refractivity contribution in [2.75, 3.05) is 11.6 Å². The highest BCUT2D eigenvalue weighted by Crippen LogP contribution is 2.36. The molecule has 1 N–H and O–H groups in total. The normalized spacial score (nSPS) is 15.0. The Balaban J connectivity index is 1.51. The third kappa shape index (κ3) is 6.30. The first-order valence-corrected chi connectivity index (χ1v) is 13.8. The molecular formula is C26H27ClN4O3S. The number of halogens is 1. The van der Waals surface area contributed by atoms with Crippen LogP contribution in [0, 0.1) is 17.2 Å². The maximum absolute atomic E-state index is 13.4. The van der Waals surface area contributed by atoms with Gasteiger partial charge in [0.1, 0.15) is 0 Å². The Morgan fingerprint density at radius 3 is 2.54 bits per heavy atom. The summed E-state index contributed by atoms with van der Waals surface area (Å²) in [7, 11) is -3.46. The number of anilines is 1. The molecule has 1 atom stereocenters. The first-order valence-electron chi connectivity index (χ1n) is 11.6. The van der Waals surface area contributed by atoms with Crippen LogP contribution in [0.2, 0.25) is 5.02 Å². The molecule has 2 aromatic carbocycles. The zero-order chi connectivity index (χ0) is 25.0. The van der Waals surface area contributed by atoms with Crippen LogP contribution in [0.3, 0.4) is 0 Å². The number of nitrogens with zero attached hydrogens (tertiary/aromatic N) is 3. The van der Waals surface area contributed by atoms with Gasteiger partial charge in [-0.1, -0.05) is 55.5 Å². The van der Waals surface area contributed by atoms with E-state index in [2.05, 4.69) is 16.5 Å². The number of benzene rings is 2. The predicted molar refractivity (Wildman–Crippen MR) is 135 cm³/mol. The quantitative estimate of drug-likeness (QED) is 0.450. The Bertz CT molecular complexity index is 1350. The van der Waals surface area contributed by atoms with Gasteiger partial charge in [0.2, 0.25) is 5.91 Å². The van der Waals surface area contributed by atoms with E-state index in [0.717, 1.165) is 37.5 Å². The van der Waals surface area contributed by atoms with Gasteiger partial charge in [-0.2, -0.15) is 10.4 Å². The molecule has 1 amide bonds. The second-order valence-corrected chi connectivity index (χ2v) is 11.5. The van der Waals surface area contributed by atoms with E-state index in [9.17, 15) is 13.2 Å². The third-order valence-corrected chi connectivity index (χ3v) is 8.02. The molecule has 9 heteroatoms. The number of carbonyl (C=O) groups excluding carboxylic acids is 1. The lowest BCUT2D eigenvalue weighted by molar-refractivity contribution is -0.118. The molecule has 35 heavy (non-hydrogen) atoms. The Hall–Kier alpha value is -3.15. The molecule has 0 bridgehead atoms. The molecule has 1 aliphatic carbocycles. The number of rotatable bonds is 8. The fourth-order valence-corrected chi connectivity index (χ4v) is 5.95. The van der Waals surface area contributed by atoms with Crippen LogP contribution in [0.5, 0.6) is 0 Å². The molecule has 7 nitrogen and oxygen atoms in total. The maximum Gasteiger partial charge on any atom is 0.233 e. The predicted octanol–water partition coefficient (Wildman–Crippen LogP) is 5.16. The zero-order valence-electron chi connectivity index (χ0n) is 19.4. The smallest absolute Gasteiger partial charge is 0.233 e. The lowest BCUT2D eigenvalue weighted by Gasteiger charge is -2.21. The van der Waals surface area contributed by atoms with Gasteiger partial charge in [-0.3, -0.25) is 9.48 Å². The summed E-state index contributed by atoms with van der Waals surface area (Å²) in [6.45, 7) is 0.510. The minimum absolute atomic E-state index is 0.0597. The largest absolute Gasteiger partial charge is 0.309 e. The van der Waals surface area contributed by atoms with Gasteiger partial charge in [-0.05, 0) is 47.7 Å². The Labute approximate surface area is 210 Å². The summed E-state index contributed by atoms with van der Waals surface area (Å²) < 4.78 is 25.7. The van der Waals surface area contributed by atoms with Gasteiger partial charge >= 0.3 is 0 Å². The summed E-state index contributed by atoms with van der Waals surface area (Å²) in [5.41, 5.74) is 2.29. The topological polar surface area (TPSA) is 105 Å². The standard InChI is InChI=1S/C26H27ClN4O3S/c1-35(33,34)24-11-10-21(15-23(24)27)22(14-18-4-2-3-5-18)26(32)29-25-12-13-31(30-25)17-20-8-6-19(16-28)7-9-20/h6-13,15,18,22H,2-5,14,17H2,1H3,(H,29,30,32)/t22-/m1/s1. The lowest BCUT2D eigenvalue weighted by Crippen LogP contribution is -2.23. The molecule has 182 valence electrons. The van der Waals surface area contributed by atoms with Crippen molar-refractivity contribution in [2.45, 2.75) is 49.5 Å². The van der Waals surface area contributed by atoms with E-state index in [1.807, 2.05) is 12.1 Å². The van der Waals surface area contributed by atoms with E-state index >= 15 is 0 Å². The van der Waals surface area contributed by atoms with Crippen LogP contribution in [0.4, 0.5) is 5.82 Å². The molecule has 0 aliphatic heterocycles. The van der Waals surface area contributed by atoms with Gasteiger partial charge in [0.25, 0.3) is 0 Å². The molecule has 1 heterocycles. The molecule has 0 spiro atoms. The van der Waals surface area contributed by atoms with Gasteiger partial charge in [-0.25, -0.2) is 8.42 Å². The van der Waals surface area contributed by atoms with Crippen LogP contribution in [-0.2, 0) is 21.2 Å². The van der Waals surface area contributed by atoms with Gasteiger partial charge in [0, 0.05) is 18.5 Å². The molecular weight excluding hydrogens is 484 g/mol. The second-order valence-electron chi connectivity index (χ2n) is 9.10. The van der Waals surface area contributed by atoms with Crippen molar-refractivity contribution < 1.29 is 13.2 Å². The number of carbonyl (C=O) groups is 1. The summed E-state index contributed by atoms with van der Waals surface area (Å²) in [5, 5.41) is 16.5. The van der Waals surface area contributed by atoms with Crippen LogP contribution in [-0.4, -0.2) is 30.4 Å². The van der Waals surface area contributed by atoms with Crippen molar-refractivity contribution in [2.24, 2.45) is 5.92 Å². The number of aromatic nitrogens is 2. The van der Waals surface area contributed by atoms with Crippen molar-refractivity contribution in [1.82, 2.24) is 9.78 Å². The second kappa shape index (κ2) is 10.6. The fourth-order valence-electron chi connectivity index (χ4n) is 4.61. The third-order valence-electron chi connectivity index (χ3n) is 6.44. The maximum atomic E-state index is 13.4. The monoisotopic (exact) mass is 510 g/mol. The highest BCUT2D eigenvalue weighted by molar-refractivity contribution is 7.90. The van der Waals surface area contributed by atoms with Crippen LogP contribution < -0.4 is 5.32 Å². The van der Waals surface area contributed by atoms with E-state index in [1.54, 1.807) is 41.2 Å². The first-order chi connectivity index (χ1) is 16.7. The van der Waals surface area contributed by atoms with Crippen molar-refractivity contribution in [1.29, 1.82) is 5.26 Å². The summed E-state index contributed by atoms with van der Waals surface area (Å²) in [5.74, 6) is 0.226. The summed E-state index contributed by atoms with van der Waals surface area (Å²) >= 11 is 6.29. The number of amides is 1. The van der Waals surface area contributed by atoms with E-state index < -0.39 is 15.8 Å². The molecule has 0 unspecified atom stereocenters. The average molecular weight is 511 g/mol. The van der Waals surface area contributed by atoms with Gasteiger partial charge < -0.3 is 5.32 Å². The number of hydrogen-bond donors (Lipinski definition) is 1. The minimum Gasteiger partial charge on any atom is -0.309 e. The van der Waals surface area contributed by atoms with Crippen molar-refractivity contribution in [3.63, 3.8) is 0 Å². The van der Waals surface area contributed by atoms with E-state index in [0.29, 0.717) is 35.8 Å². The molecule has 4 rings (SSSR count). The van der Waals surface area contributed by atoms with Gasteiger partial charge in [0.05, 0.1) is 34.0 Å². The SMILES string of the molecule is CS(=O)(=O)c1ccc([C@@H](CC2CCCC2)C(=O)Nc2ccn(Cc3ccc(C#N)cc3)n2)cc1Cl. The Kier molecular flexibility index (Phi) is 7.58. The lowest BCUT2D eigenvalue weighted by atomic mass is 9.87. The first kappa shape index (κ1) is 25.0. The molecule has 1 aromatic heterocycles. The van der Waals surface area contributed by atoms with Crippen LogP contribution in [0.15, 0.2) is 59.6 Å². The summed E-state index contributed by atoms with van der Waals surface area (Å²) in [6.07, 6.45) is 8.06. The Morgan fingerprint density at radius 2 is 1.91 bits per heavy atom. The van der Waals surface area contributed by atoms with Crippen molar-refractivity contribution in [3.8, 4) is 6.07 Å². The summed E-state index contributed by atoms with van der Waals surface area (Å²) in [4.78, 5) is 13.4. The van der Waals surface area contributed by atoms with Crippen LogP contribution >= 0.6 is 11.6 Å². The van der Waals surface area contributed by atoms with E-state index in [1.165, 1.54) is 6.07 Å². The molecule has 1 saturated carbocycles. The van der Waals surface area contributed by atoms with Crippen molar-refractivity contribution >= 4 is 33.2 Å². The van der Waals surface area contributed by atoms with Crippen LogP contribution in [0.1, 0.15) is 54.7 Å². The van der Waals surface area contributed by atoms with Gasteiger partial charge in [-0.15, -0.1) is 0 Å². The van der Waals surface area contributed by atoms with Gasteiger partial charge in [0.15, 0.2) is 15.7 Å². The van der Waals surface area contributed by atoms with E-state index in [4.69, 9.17) is 16.9 Å². The highest BCUT2D eigenvalue weighted by atomic mass is 35.5. The molecule has 1 aliphatic rings. The fraction of sp³-hybridized carbons (Fsp3) is 0.346. The molecule has 0 radical (unpaired) electrons. The minimum atomic E-state index is -3.46. The number of nitrogens with one attached hydrogen (secondary N) is 1. The van der Waals surface area contributed by atoms with Crippen molar-refractivity contribution in [3.05, 3.63) is 76.4 Å². The number of hydrogen-bond acceptors (Lipinski definition) is 5. The zero-order valence-corrected chi connectivity index (χ0v) is 21.0. The molecule has 3 aromatic rings. The molecule has 1 fully saturated rings.